The number of nitriles is 1. The second-order valence-electron chi connectivity index (χ2n) is 7.18. The van der Waals surface area contributed by atoms with Crippen molar-refractivity contribution in [1.29, 1.82) is 5.26 Å². The highest BCUT2D eigenvalue weighted by atomic mass is 32.2. The predicted molar refractivity (Wildman–Crippen MR) is 119 cm³/mol. The molecular weight excluding hydrogens is 430 g/mol. The average molecular weight is 456 g/mol. The number of hydrogen-bond donors (Lipinski definition) is 1. The van der Waals surface area contributed by atoms with Gasteiger partial charge in [-0.1, -0.05) is 18.2 Å². The van der Waals surface area contributed by atoms with Crippen LogP contribution in [0.5, 0.6) is 11.5 Å². The lowest BCUT2D eigenvalue weighted by Gasteiger charge is -2.21. The first-order valence-corrected chi connectivity index (χ1v) is 11.7. The molecule has 0 unspecified atom stereocenters. The quantitative estimate of drug-likeness (QED) is 0.582. The summed E-state index contributed by atoms with van der Waals surface area (Å²) >= 11 is 0. The lowest BCUT2D eigenvalue weighted by molar-refractivity contribution is -0.131. The highest BCUT2D eigenvalue weighted by Crippen LogP contribution is 2.31. The fourth-order valence-corrected chi connectivity index (χ4v) is 4.21. The van der Waals surface area contributed by atoms with Gasteiger partial charge in [0.1, 0.15) is 0 Å². The van der Waals surface area contributed by atoms with Gasteiger partial charge in [-0.05, 0) is 29.8 Å². The number of benzene rings is 2. The van der Waals surface area contributed by atoms with Crippen LogP contribution in [0.15, 0.2) is 60.0 Å². The van der Waals surface area contributed by atoms with E-state index in [4.69, 9.17) is 14.7 Å². The van der Waals surface area contributed by atoms with Gasteiger partial charge in [-0.3, -0.25) is 4.79 Å². The van der Waals surface area contributed by atoms with Crippen LogP contribution < -0.4 is 14.2 Å². The molecule has 2 aromatic carbocycles. The third-order valence-corrected chi connectivity index (χ3v) is 6.28. The number of sulfonamides is 1. The minimum Gasteiger partial charge on any atom is -0.490 e. The van der Waals surface area contributed by atoms with E-state index < -0.39 is 10.0 Å². The zero-order valence-electron chi connectivity index (χ0n) is 17.6. The monoisotopic (exact) mass is 455 g/mol. The minimum absolute atomic E-state index is 0.00605. The van der Waals surface area contributed by atoms with Crippen molar-refractivity contribution in [3.63, 3.8) is 0 Å². The molecule has 2 aromatic rings. The highest BCUT2D eigenvalue weighted by Gasteiger charge is 2.20. The van der Waals surface area contributed by atoms with Gasteiger partial charge in [0.05, 0.1) is 29.7 Å². The number of ether oxygens (including phenoxy) is 2. The third kappa shape index (κ3) is 6.09. The zero-order chi connectivity index (χ0) is 23.0. The molecule has 0 atom stereocenters. The van der Waals surface area contributed by atoms with Crippen LogP contribution in [0.25, 0.3) is 0 Å². The van der Waals surface area contributed by atoms with Crippen LogP contribution in [0, 0.1) is 11.3 Å². The molecular formula is C23H25N3O5S. The van der Waals surface area contributed by atoms with E-state index >= 15 is 0 Å². The van der Waals surface area contributed by atoms with E-state index in [1.54, 1.807) is 41.3 Å². The summed E-state index contributed by atoms with van der Waals surface area (Å²) in [6.45, 7) is 5.28. The summed E-state index contributed by atoms with van der Waals surface area (Å²) in [6, 6.07) is 13.5. The van der Waals surface area contributed by atoms with E-state index in [-0.39, 0.29) is 23.8 Å². The number of nitrogens with one attached hydrogen (secondary N) is 1. The molecule has 3 rings (SSSR count). The first kappa shape index (κ1) is 23.3. The van der Waals surface area contributed by atoms with Gasteiger partial charge in [0.25, 0.3) is 0 Å². The topological polar surface area (TPSA) is 109 Å². The van der Waals surface area contributed by atoms with E-state index in [1.807, 2.05) is 0 Å². The molecule has 0 aliphatic carbocycles. The molecule has 0 radical (unpaired) electrons. The van der Waals surface area contributed by atoms with Gasteiger partial charge in [0.2, 0.25) is 15.9 Å². The van der Waals surface area contributed by atoms with Gasteiger partial charge >= 0.3 is 0 Å². The van der Waals surface area contributed by atoms with Crippen LogP contribution in [0.2, 0.25) is 0 Å². The molecule has 1 amide bonds. The van der Waals surface area contributed by atoms with Crippen molar-refractivity contribution in [2.45, 2.75) is 24.3 Å². The molecule has 1 N–H and O–H groups in total. The molecule has 32 heavy (non-hydrogen) atoms. The van der Waals surface area contributed by atoms with Crippen molar-refractivity contribution < 1.29 is 22.7 Å². The first-order chi connectivity index (χ1) is 15.4. The summed E-state index contributed by atoms with van der Waals surface area (Å²) in [4.78, 5) is 14.3. The van der Waals surface area contributed by atoms with Crippen molar-refractivity contribution in [3.05, 3.63) is 66.2 Å². The maximum absolute atomic E-state index is 12.7. The average Bonchev–Trinajstić information content (AvgIpc) is 3.04. The first-order valence-electron chi connectivity index (χ1n) is 10.2. The van der Waals surface area contributed by atoms with Crippen LogP contribution >= 0.6 is 0 Å². The normalized spacial score (nSPS) is 13.0. The largest absolute Gasteiger partial charge is 0.490 e. The summed E-state index contributed by atoms with van der Waals surface area (Å²) in [7, 11) is -3.81. The Morgan fingerprint density at radius 2 is 1.88 bits per heavy atom. The fourth-order valence-electron chi connectivity index (χ4n) is 3.16. The lowest BCUT2D eigenvalue weighted by Crippen LogP contribution is -2.34. The van der Waals surface area contributed by atoms with Gasteiger partial charge in [0.15, 0.2) is 11.5 Å². The van der Waals surface area contributed by atoms with Crippen molar-refractivity contribution >= 4 is 15.9 Å². The Kier molecular flexibility index (Phi) is 7.87. The molecule has 0 fully saturated rings. The Morgan fingerprint density at radius 3 is 2.56 bits per heavy atom. The van der Waals surface area contributed by atoms with Gasteiger partial charge in [0, 0.05) is 38.5 Å². The second kappa shape index (κ2) is 10.8. The summed E-state index contributed by atoms with van der Waals surface area (Å²) in [5.41, 5.74) is 1.41. The minimum atomic E-state index is -3.81. The van der Waals surface area contributed by atoms with Crippen LogP contribution in [0.1, 0.15) is 24.0 Å². The van der Waals surface area contributed by atoms with Crippen molar-refractivity contribution in [1.82, 2.24) is 9.62 Å². The summed E-state index contributed by atoms with van der Waals surface area (Å²) in [5.74, 6) is 0.691. The lowest BCUT2D eigenvalue weighted by atomic mass is 10.1. The number of amides is 1. The molecule has 1 heterocycles. The standard InChI is InChI=1S/C23H25N3O5S/c1-2-12-26(17-19-6-4-18(16-24)5-7-19)23(27)10-11-25-32(28,29)20-8-9-21-22(15-20)31-14-3-13-30-21/h2,4-9,15,25H,1,3,10-14,17H2. The summed E-state index contributed by atoms with van der Waals surface area (Å²) < 4.78 is 38.9. The Bertz CT molecular complexity index is 1110. The smallest absolute Gasteiger partial charge is 0.240 e. The SMILES string of the molecule is C=CCN(Cc1ccc(C#N)cc1)C(=O)CCNS(=O)(=O)c1ccc2c(c1)OCCCO2. The highest BCUT2D eigenvalue weighted by molar-refractivity contribution is 7.89. The van der Waals surface area contributed by atoms with Crippen molar-refractivity contribution in [2.75, 3.05) is 26.3 Å². The maximum atomic E-state index is 12.7. The molecule has 0 saturated heterocycles. The molecule has 1 aliphatic rings. The molecule has 0 aromatic heterocycles. The molecule has 0 bridgehead atoms. The molecule has 0 saturated carbocycles. The zero-order valence-corrected chi connectivity index (χ0v) is 18.4. The number of hydrogen-bond acceptors (Lipinski definition) is 6. The van der Waals surface area contributed by atoms with Crippen LogP contribution in [0.4, 0.5) is 0 Å². The molecule has 168 valence electrons. The van der Waals surface area contributed by atoms with Crippen LogP contribution in [-0.2, 0) is 21.4 Å². The maximum Gasteiger partial charge on any atom is 0.240 e. The number of carbonyl (C=O) groups is 1. The summed E-state index contributed by atoms with van der Waals surface area (Å²) in [5, 5.41) is 8.90. The summed E-state index contributed by atoms with van der Waals surface area (Å²) in [6.07, 6.45) is 2.33. The van der Waals surface area contributed by atoms with E-state index in [2.05, 4.69) is 17.4 Å². The van der Waals surface area contributed by atoms with Gasteiger partial charge in [-0.2, -0.15) is 5.26 Å². The van der Waals surface area contributed by atoms with Gasteiger partial charge in [-0.15, -0.1) is 6.58 Å². The molecule has 9 heteroatoms. The third-order valence-electron chi connectivity index (χ3n) is 4.82. The predicted octanol–water partition coefficient (Wildman–Crippen LogP) is 2.60. The Balaban J connectivity index is 1.59. The number of fused-ring (bicyclic) bond motifs is 1. The molecule has 0 spiro atoms. The fraction of sp³-hybridized carbons (Fsp3) is 0.304. The van der Waals surface area contributed by atoms with E-state index in [0.29, 0.717) is 43.4 Å². The van der Waals surface area contributed by atoms with E-state index in [0.717, 1.165) is 12.0 Å². The Hall–Kier alpha value is -3.35. The molecule has 1 aliphatic heterocycles. The molecule has 8 nitrogen and oxygen atoms in total. The van der Waals surface area contributed by atoms with Crippen LogP contribution in [-0.4, -0.2) is 45.5 Å². The van der Waals surface area contributed by atoms with E-state index in [9.17, 15) is 13.2 Å². The number of nitrogens with zero attached hydrogens (tertiary/aromatic N) is 2. The van der Waals surface area contributed by atoms with E-state index in [1.165, 1.54) is 12.1 Å². The van der Waals surface area contributed by atoms with Crippen molar-refractivity contribution in [2.24, 2.45) is 0 Å². The Labute approximate surface area is 188 Å². The van der Waals surface area contributed by atoms with Crippen molar-refractivity contribution in [3.8, 4) is 17.6 Å². The van der Waals surface area contributed by atoms with Crippen LogP contribution in [0.3, 0.4) is 0 Å². The Morgan fingerprint density at radius 1 is 1.16 bits per heavy atom. The second-order valence-corrected chi connectivity index (χ2v) is 8.95. The number of rotatable bonds is 9. The van der Waals surface area contributed by atoms with Gasteiger partial charge in [-0.25, -0.2) is 13.1 Å². The number of carbonyl (C=O) groups excluding carboxylic acids is 1. The van der Waals surface area contributed by atoms with Gasteiger partial charge < -0.3 is 14.4 Å².